The monoisotopic (exact) mass is 1100 g/mol. The van der Waals surface area contributed by atoms with Crippen molar-refractivity contribution in [1.29, 1.82) is 0 Å². The number of benzene rings is 4. The maximum atomic E-state index is 7.23. The molecular weight excluding hydrogens is 993 g/mol. The van der Waals surface area contributed by atoms with E-state index in [0.717, 1.165) is 99.9 Å². The third-order valence-corrected chi connectivity index (χ3v) is 16.5. The molecule has 0 amide bonds. The molecule has 4 aromatic carbocycles. The van der Waals surface area contributed by atoms with E-state index in [9.17, 15) is 0 Å². The van der Waals surface area contributed by atoms with Crippen LogP contribution in [0.1, 0.15) is 117 Å². The average molecular weight is 1100 g/mol. The van der Waals surface area contributed by atoms with Crippen molar-refractivity contribution in [1.82, 2.24) is 38.7 Å². The van der Waals surface area contributed by atoms with Gasteiger partial charge in [0.2, 0.25) is 0 Å². The summed E-state index contributed by atoms with van der Waals surface area (Å²) in [6, 6.07) is 36.0. The van der Waals surface area contributed by atoms with Crippen LogP contribution in [-0.4, -0.2) is 168 Å². The summed E-state index contributed by atoms with van der Waals surface area (Å²) in [4.78, 5) is 19.4. The van der Waals surface area contributed by atoms with E-state index in [1.54, 1.807) is 0 Å². The number of fused-ring (bicyclic) bond motifs is 2. The summed E-state index contributed by atoms with van der Waals surface area (Å²) >= 11 is 0. The standard InChI is InChI=1S/C68H104N8O4/c1-49(2)31-59-43-77-53(9)37-71(11)62(34-52(7)8)46-80-64(36-56-25-29-58(30-26-56)40-76-48-70-66-20-16-18-22-68(66)76)42-74(14)60(32-50(3)4)44-78-54(10)38-72(12)61(33-51(5)6)45-79-63(41-73(59)13)35-55-23-27-57(28-24-55)39-75-47-69-65-19-15-17-21-67(65)75/h15-30,47-54,59-64H,31-46H2,1-14H3/t53-,54-,59+,60+,61+,62+,63-,64-/m1/s1. The highest BCUT2D eigenvalue weighted by molar-refractivity contribution is 5.75. The minimum atomic E-state index is -0.00906. The molecule has 0 saturated carbocycles. The number of nitrogens with zero attached hydrogens (tertiary/aromatic N) is 8. The van der Waals surface area contributed by atoms with E-state index in [4.69, 9.17) is 18.9 Å². The van der Waals surface area contributed by atoms with E-state index in [-0.39, 0.29) is 48.6 Å². The first-order chi connectivity index (χ1) is 38.3. The van der Waals surface area contributed by atoms with Gasteiger partial charge in [-0.3, -0.25) is 19.6 Å². The molecule has 7 rings (SSSR count). The van der Waals surface area contributed by atoms with Gasteiger partial charge in [-0.2, -0.15) is 0 Å². The zero-order valence-corrected chi connectivity index (χ0v) is 51.8. The van der Waals surface area contributed by atoms with Crippen LogP contribution in [0.2, 0.25) is 0 Å². The van der Waals surface area contributed by atoms with Gasteiger partial charge in [0.05, 0.1) is 85.6 Å². The number of rotatable bonds is 16. The fraction of sp³-hybridized carbons (Fsp3) is 0.618. The highest BCUT2D eigenvalue weighted by Gasteiger charge is 2.29. The topological polar surface area (TPSA) is 85.5 Å². The number of likely N-dealkylation sites (N-methyl/N-ethyl adjacent to an activating group) is 4. The summed E-state index contributed by atoms with van der Waals surface area (Å²) in [5.41, 5.74) is 9.46. The Morgan fingerprint density at radius 1 is 0.400 bits per heavy atom. The van der Waals surface area contributed by atoms with Crippen molar-refractivity contribution in [2.75, 3.05) is 80.8 Å². The fourth-order valence-electron chi connectivity index (χ4n) is 12.0. The van der Waals surface area contributed by atoms with Crippen molar-refractivity contribution in [3.05, 3.63) is 132 Å². The van der Waals surface area contributed by atoms with Gasteiger partial charge in [-0.05, 0) is 151 Å². The molecule has 440 valence electrons. The predicted molar refractivity (Wildman–Crippen MR) is 332 cm³/mol. The average Bonchev–Trinajstić information content (AvgIpc) is 4.04. The fourth-order valence-corrected chi connectivity index (χ4v) is 12.0. The number of imidazole rings is 2. The molecule has 80 heavy (non-hydrogen) atoms. The Balaban J connectivity index is 1.11. The van der Waals surface area contributed by atoms with Gasteiger partial charge in [0.15, 0.2) is 0 Å². The zero-order valence-electron chi connectivity index (χ0n) is 51.8. The summed E-state index contributed by atoms with van der Waals surface area (Å²) in [6.07, 6.45) is 9.81. The lowest BCUT2D eigenvalue weighted by Gasteiger charge is -2.37. The van der Waals surface area contributed by atoms with Gasteiger partial charge in [0.25, 0.3) is 0 Å². The molecule has 1 aliphatic heterocycles. The van der Waals surface area contributed by atoms with E-state index < -0.39 is 0 Å². The molecule has 0 radical (unpaired) electrons. The van der Waals surface area contributed by atoms with Gasteiger partial charge in [-0.15, -0.1) is 0 Å². The molecule has 1 saturated heterocycles. The quantitative estimate of drug-likeness (QED) is 0.0934. The van der Waals surface area contributed by atoms with Gasteiger partial charge in [-0.25, -0.2) is 9.97 Å². The number of ether oxygens (including phenoxy) is 4. The molecule has 12 nitrogen and oxygen atoms in total. The van der Waals surface area contributed by atoms with E-state index in [0.29, 0.717) is 50.1 Å². The second-order valence-corrected chi connectivity index (χ2v) is 25.9. The van der Waals surface area contributed by atoms with E-state index in [1.807, 2.05) is 12.7 Å². The molecule has 12 heteroatoms. The molecule has 0 bridgehead atoms. The van der Waals surface area contributed by atoms with Crippen LogP contribution in [0.5, 0.6) is 0 Å². The van der Waals surface area contributed by atoms with E-state index in [2.05, 4.69) is 233 Å². The Labute approximate surface area is 483 Å². The predicted octanol–water partition coefficient (Wildman–Crippen LogP) is 12.2. The second-order valence-electron chi connectivity index (χ2n) is 25.9. The second kappa shape index (κ2) is 31.2. The van der Waals surface area contributed by atoms with Crippen LogP contribution in [0, 0.1) is 23.7 Å². The van der Waals surface area contributed by atoms with Crippen LogP contribution in [0.3, 0.4) is 0 Å². The van der Waals surface area contributed by atoms with Crippen LogP contribution in [0.15, 0.2) is 110 Å². The summed E-state index contributed by atoms with van der Waals surface area (Å²) < 4.78 is 32.8. The largest absolute Gasteiger partial charge is 0.376 e. The third-order valence-electron chi connectivity index (χ3n) is 16.5. The number of para-hydroxylation sites is 4. The summed E-state index contributed by atoms with van der Waals surface area (Å²) in [5, 5.41) is 0. The van der Waals surface area contributed by atoms with Crippen LogP contribution in [-0.2, 0) is 44.9 Å². The van der Waals surface area contributed by atoms with Crippen LogP contribution < -0.4 is 0 Å². The Hall–Kier alpha value is -4.50. The van der Waals surface area contributed by atoms with E-state index in [1.165, 1.54) is 22.3 Å². The minimum absolute atomic E-state index is 0.00906. The minimum Gasteiger partial charge on any atom is -0.376 e. The normalized spacial score (nSPS) is 24.4. The first kappa shape index (κ1) is 63.1. The highest BCUT2D eigenvalue weighted by atomic mass is 16.5. The van der Waals surface area contributed by atoms with E-state index >= 15 is 0 Å². The van der Waals surface area contributed by atoms with Crippen LogP contribution in [0.4, 0.5) is 0 Å². The number of hydrogen-bond acceptors (Lipinski definition) is 10. The van der Waals surface area contributed by atoms with Crippen molar-refractivity contribution in [3.8, 4) is 0 Å². The van der Waals surface area contributed by atoms with Gasteiger partial charge >= 0.3 is 0 Å². The van der Waals surface area contributed by atoms with Gasteiger partial charge < -0.3 is 28.1 Å². The first-order valence-corrected chi connectivity index (χ1v) is 30.6. The number of hydrogen-bond donors (Lipinski definition) is 0. The lowest BCUT2D eigenvalue weighted by molar-refractivity contribution is -0.0536. The molecular formula is C68H104N8O4. The van der Waals surface area contributed by atoms with Crippen LogP contribution >= 0.6 is 0 Å². The van der Waals surface area contributed by atoms with Gasteiger partial charge in [-0.1, -0.05) is 128 Å². The molecule has 1 fully saturated rings. The Morgan fingerprint density at radius 3 is 1.04 bits per heavy atom. The molecule has 0 aliphatic carbocycles. The van der Waals surface area contributed by atoms with Crippen molar-refractivity contribution in [2.24, 2.45) is 23.7 Å². The maximum absolute atomic E-state index is 7.23. The third kappa shape index (κ3) is 19.9. The molecule has 0 N–H and O–H groups in total. The molecule has 2 aromatic heterocycles. The Kier molecular flexibility index (Phi) is 24.6. The lowest BCUT2D eigenvalue weighted by Crippen LogP contribution is -2.47. The lowest BCUT2D eigenvalue weighted by atomic mass is 10.0. The smallest absolute Gasteiger partial charge is 0.0961 e. The SMILES string of the molecule is CC(C)C[C@H]1CO[C@H](C)CN(C)[C@@H](CC(C)C)CO[C@H](Cc2ccc(Cn3cnc4ccccc43)cc2)CN(C)[C@@H](CC(C)C)CO[C@H](C)CN(C)[C@@H](CC(C)C)CO[C@H](Cc2ccc(Cn3cnc4ccccc43)cc2)CN1C. The molecule has 1 aliphatic rings. The van der Waals surface area contributed by atoms with Crippen LogP contribution in [0.25, 0.3) is 22.1 Å². The molecule has 0 spiro atoms. The zero-order chi connectivity index (χ0) is 57.3. The van der Waals surface area contributed by atoms with Gasteiger partial charge in [0.1, 0.15) is 0 Å². The molecule has 0 unspecified atom stereocenters. The van der Waals surface area contributed by atoms with Crippen molar-refractivity contribution in [3.63, 3.8) is 0 Å². The summed E-state index contributed by atoms with van der Waals surface area (Å²) in [6.45, 7) is 30.7. The molecule has 8 atom stereocenters. The van der Waals surface area contributed by atoms with Crippen molar-refractivity contribution in [2.45, 2.75) is 169 Å². The van der Waals surface area contributed by atoms with Crippen molar-refractivity contribution < 1.29 is 18.9 Å². The number of aromatic nitrogens is 4. The molecule has 3 heterocycles. The molecule has 6 aromatic rings. The summed E-state index contributed by atoms with van der Waals surface area (Å²) in [5.74, 6) is 2.07. The first-order valence-electron chi connectivity index (χ1n) is 30.6. The summed E-state index contributed by atoms with van der Waals surface area (Å²) in [7, 11) is 9.13. The Morgan fingerprint density at radius 2 is 0.700 bits per heavy atom. The highest BCUT2D eigenvalue weighted by Crippen LogP contribution is 2.24. The Bertz CT molecular complexity index is 2480. The maximum Gasteiger partial charge on any atom is 0.0961 e. The van der Waals surface area contributed by atoms with Gasteiger partial charge in [0, 0.05) is 63.4 Å². The van der Waals surface area contributed by atoms with Crippen molar-refractivity contribution >= 4 is 22.1 Å².